The topological polar surface area (TPSA) is 102 Å². The van der Waals surface area contributed by atoms with Crippen LogP contribution in [0.25, 0.3) is 11.1 Å². The maximum atomic E-state index is 12.2. The average molecular weight is 564 g/mol. The van der Waals surface area contributed by atoms with Crippen LogP contribution in [0.4, 0.5) is 4.79 Å². The molecule has 218 valence electrons. The molecule has 1 aliphatic rings. The van der Waals surface area contributed by atoms with E-state index < -0.39 is 6.09 Å². The average Bonchev–Trinajstić information content (AvgIpc) is 3.33. The molecule has 0 saturated heterocycles. The van der Waals surface area contributed by atoms with E-state index in [0.717, 1.165) is 0 Å². The molecule has 0 atom stereocenters. The van der Waals surface area contributed by atoms with Crippen LogP contribution in [-0.2, 0) is 28.4 Å². The van der Waals surface area contributed by atoms with Crippen LogP contribution in [0.3, 0.4) is 0 Å². The van der Waals surface area contributed by atoms with Crippen molar-refractivity contribution in [1.82, 2.24) is 5.32 Å². The van der Waals surface area contributed by atoms with Crippen molar-refractivity contribution in [3.63, 3.8) is 0 Å². The summed E-state index contributed by atoms with van der Waals surface area (Å²) < 4.78 is 32.4. The second-order valence-electron chi connectivity index (χ2n) is 9.20. The molecule has 9 heteroatoms. The quantitative estimate of drug-likeness (QED) is 0.179. The zero-order valence-electron chi connectivity index (χ0n) is 23.1. The zero-order chi connectivity index (χ0) is 28.5. The van der Waals surface area contributed by atoms with E-state index in [-0.39, 0.29) is 25.1 Å². The molecule has 0 unspecified atom stereocenters. The number of hydrogen-bond acceptors (Lipinski definition) is 8. The number of hydrogen-bond donors (Lipinski definition) is 1. The fourth-order valence-corrected chi connectivity index (χ4v) is 4.49. The number of benzene rings is 3. The Hall–Kier alpha value is -3.76. The maximum Gasteiger partial charge on any atom is 0.407 e. The third-order valence-corrected chi connectivity index (χ3v) is 6.45. The number of alkyl carbamates (subject to hydrolysis) is 1. The third-order valence-electron chi connectivity index (χ3n) is 6.45. The third kappa shape index (κ3) is 9.68. The Morgan fingerprint density at radius 1 is 0.561 bits per heavy atom. The largest absolute Gasteiger partial charge is 0.460 e. The summed E-state index contributed by atoms with van der Waals surface area (Å²) in [4.78, 5) is 24.0. The van der Waals surface area contributed by atoms with Gasteiger partial charge in [0.25, 0.3) is 0 Å². The van der Waals surface area contributed by atoms with Gasteiger partial charge in [0.2, 0.25) is 0 Å². The van der Waals surface area contributed by atoms with Crippen LogP contribution >= 0.6 is 0 Å². The first kappa shape index (κ1) is 30.2. The number of carbonyl (C=O) groups excluding carboxylic acids is 2. The van der Waals surface area contributed by atoms with Crippen LogP contribution in [-0.4, -0.2) is 84.7 Å². The Kier molecular flexibility index (Phi) is 12.6. The zero-order valence-corrected chi connectivity index (χ0v) is 23.1. The van der Waals surface area contributed by atoms with Crippen molar-refractivity contribution < 1.29 is 38.0 Å². The summed E-state index contributed by atoms with van der Waals surface area (Å²) in [6, 6.07) is 25.3. The first-order chi connectivity index (χ1) is 20.2. The van der Waals surface area contributed by atoms with Crippen LogP contribution in [0.2, 0.25) is 0 Å². The second-order valence-corrected chi connectivity index (χ2v) is 9.20. The van der Waals surface area contributed by atoms with Crippen molar-refractivity contribution in [2.45, 2.75) is 5.92 Å². The molecule has 3 aromatic carbocycles. The van der Waals surface area contributed by atoms with E-state index >= 15 is 0 Å². The second kappa shape index (κ2) is 17.1. The van der Waals surface area contributed by atoms with Gasteiger partial charge in [0.1, 0.15) is 13.2 Å². The highest BCUT2D eigenvalue weighted by molar-refractivity contribution is 5.89. The smallest absolute Gasteiger partial charge is 0.407 e. The number of esters is 1. The van der Waals surface area contributed by atoms with Gasteiger partial charge in [-0.25, -0.2) is 9.59 Å². The standard InChI is InChI=1S/C32H37NO8/c34-31(25-8-2-1-3-9-25)40-23-22-39-21-20-38-19-18-37-17-16-36-15-14-33-32(35)41-24-30-28-12-6-4-10-26(28)27-11-5-7-13-29(27)30/h1-13,30H,14-24H2,(H,33,35). The summed E-state index contributed by atoms with van der Waals surface area (Å²) in [5.41, 5.74) is 5.28. The maximum absolute atomic E-state index is 12.2. The molecule has 0 heterocycles. The SMILES string of the molecule is O=C(NCCOCCOCCOCCOCCOC(=O)c1ccccc1)OCC1c2ccccc2-c2ccccc21. The van der Waals surface area contributed by atoms with Gasteiger partial charge in [0.15, 0.2) is 0 Å². The fraction of sp³-hybridized carbons (Fsp3) is 0.375. The molecule has 0 fully saturated rings. The molecule has 0 aliphatic heterocycles. The fourth-order valence-electron chi connectivity index (χ4n) is 4.49. The van der Waals surface area contributed by atoms with Crippen LogP contribution in [0.5, 0.6) is 0 Å². The number of fused-ring (bicyclic) bond motifs is 3. The predicted octanol–water partition coefficient (Wildman–Crippen LogP) is 4.45. The normalized spacial score (nSPS) is 12.0. The van der Waals surface area contributed by atoms with Gasteiger partial charge in [-0.1, -0.05) is 66.7 Å². The number of nitrogens with one attached hydrogen (secondary N) is 1. The van der Waals surface area contributed by atoms with Crippen LogP contribution in [0, 0.1) is 0 Å². The van der Waals surface area contributed by atoms with E-state index in [0.29, 0.717) is 65.0 Å². The van der Waals surface area contributed by atoms with Crippen molar-refractivity contribution in [1.29, 1.82) is 0 Å². The lowest BCUT2D eigenvalue weighted by Gasteiger charge is -2.14. The predicted molar refractivity (Wildman–Crippen MR) is 153 cm³/mol. The monoisotopic (exact) mass is 563 g/mol. The molecule has 0 aromatic heterocycles. The molecule has 1 N–H and O–H groups in total. The summed E-state index contributed by atoms with van der Waals surface area (Å²) in [5.74, 6) is -0.326. The van der Waals surface area contributed by atoms with E-state index in [1.807, 2.05) is 30.3 Å². The summed E-state index contributed by atoms with van der Waals surface area (Å²) in [7, 11) is 0. The highest BCUT2D eigenvalue weighted by atomic mass is 16.6. The summed E-state index contributed by atoms with van der Waals surface area (Å²) in [5, 5.41) is 2.73. The molecule has 9 nitrogen and oxygen atoms in total. The van der Waals surface area contributed by atoms with Crippen LogP contribution < -0.4 is 5.32 Å². The van der Waals surface area contributed by atoms with Crippen molar-refractivity contribution in [3.05, 3.63) is 95.6 Å². The van der Waals surface area contributed by atoms with E-state index in [4.69, 9.17) is 28.4 Å². The van der Waals surface area contributed by atoms with Gasteiger partial charge in [-0.15, -0.1) is 0 Å². The number of amides is 1. The number of ether oxygens (including phenoxy) is 6. The van der Waals surface area contributed by atoms with Gasteiger partial charge in [-0.3, -0.25) is 0 Å². The highest BCUT2D eigenvalue weighted by Crippen LogP contribution is 2.44. The minimum Gasteiger partial charge on any atom is -0.460 e. The van der Waals surface area contributed by atoms with E-state index in [1.54, 1.807) is 24.3 Å². The van der Waals surface area contributed by atoms with Crippen molar-refractivity contribution >= 4 is 12.1 Å². The molecule has 0 saturated carbocycles. The molecule has 0 spiro atoms. The molecule has 4 rings (SSSR count). The molecular formula is C32H37NO8. The van der Waals surface area contributed by atoms with Crippen molar-refractivity contribution in [3.8, 4) is 11.1 Å². The molecule has 41 heavy (non-hydrogen) atoms. The number of carbonyl (C=O) groups is 2. The van der Waals surface area contributed by atoms with E-state index in [9.17, 15) is 9.59 Å². The van der Waals surface area contributed by atoms with E-state index in [2.05, 4.69) is 29.6 Å². The minimum atomic E-state index is -0.457. The van der Waals surface area contributed by atoms with Crippen LogP contribution in [0.15, 0.2) is 78.9 Å². The summed E-state index contributed by atoms with van der Waals surface area (Å²) in [6.07, 6.45) is -0.457. The van der Waals surface area contributed by atoms with E-state index in [1.165, 1.54) is 22.3 Å². The molecule has 1 amide bonds. The molecule has 1 aliphatic carbocycles. The van der Waals surface area contributed by atoms with Gasteiger partial charge in [-0.05, 0) is 34.4 Å². The van der Waals surface area contributed by atoms with Gasteiger partial charge in [-0.2, -0.15) is 0 Å². The molecule has 0 radical (unpaired) electrons. The lowest BCUT2D eigenvalue weighted by molar-refractivity contribution is -0.00870. The van der Waals surface area contributed by atoms with Crippen LogP contribution in [0.1, 0.15) is 27.4 Å². The Morgan fingerprint density at radius 2 is 1.05 bits per heavy atom. The summed E-state index contributed by atoms with van der Waals surface area (Å²) in [6.45, 7) is 4.06. The Bertz CT molecular complexity index is 1170. The Labute approximate surface area is 240 Å². The molecule has 3 aromatic rings. The lowest BCUT2D eigenvalue weighted by atomic mass is 9.98. The van der Waals surface area contributed by atoms with Gasteiger partial charge < -0.3 is 33.7 Å². The van der Waals surface area contributed by atoms with Gasteiger partial charge in [0, 0.05) is 12.5 Å². The minimum absolute atomic E-state index is 0.0368. The number of rotatable bonds is 18. The summed E-state index contributed by atoms with van der Waals surface area (Å²) >= 11 is 0. The Balaban J connectivity index is 0.924. The molecule has 0 bridgehead atoms. The first-order valence-corrected chi connectivity index (χ1v) is 13.9. The van der Waals surface area contributed by atoms with Crippen molar-refractivity contribution in [2.24, 2.45) is 0 Å². The molecular weight excluding hydrogens is 526 g/mol. The Morgan fingerprint density at radius 3 is 1.63 bits per heavy atom. The lowest BCUT2D eigenvalue weighted by Crippen LogP contribution is -2.29. The van der Waals surface area contributed by atoms with Gasteiger partial charge >= 0.3 is 12.1 Å². The van der Waals surface area contributed by atoms with Gasteiger partial charge in [0.05, 0.1) is 58.4 Å². The van der Waals surface area contributed by atoms with Crippen molar-refractivity contribution in [2.75, 3.05) is 72.6 Å². The first-order valence-electron chi connectivity index (χ1n) is 13.9. The highest BCUT2D eigenvalue weighted by Gasteiger charge is 2.28.